The van der Waals surface area contributed by atoms with Gasteiger partial charge < -0.3 is 4.74 Å². The lowest BCUT2D eigenvalue weighted by Crippen LogP contribution is -2.30. The Hall–Kier alpha value is -2.66. The molecule has 3 aromatic rings. The lowest BCUT2D eigenvalue weighted by molar-refractivity contribution is -0.122. The molecule has 1 amide bonds. The number of carbonyl (C=O) groups excluding carboxylic acids is 1. The number of ether oxygens (including phenoxy) is 1. The standard InChI is InChI=1S/C23H26N2O2S/c1-5-18-6-8-19(9-7-18)13-21-14-24-23(28-21)25-22(26)17(4)27-20-11-15(2)10-16(3)12-20/h6-12,14,17H,5,13H2,1-4H3,(H,24,25,26). The summed E-state index contributed by atoms with van der Waals surface area (Å²) in [7, 11) is 0. The van der Waals surface area contributed by atoms with Crippen molar-refractivity contribution in [1.82, 2.24) is 4.98 Å². The minimum absolute atomic E-state index is 0.202. The number of nitrogens with one attached hydrogen (secondary N) is 1. The Kier molecular flexibility index (Phi) is 6.47. The van der Waals surface area contributed by atoms with Crippen LogP contribution >= 0.6 is 11.3 Å². The number of aromatic nitrogens is 1. The molecule has 0 saturated heterocycles. The van der Waals surface area contributed by atoms with Gasteiger partial charge in [-0.15, -0.1) is 11.3 Å². The first kappa shape index (κ1) is 20.1. The van der Waals surface area contributed by atoms with E-state index >= 15 is 0 Å². The van der Waals surface area contributed by atoms with Crippen LogP contribution in [0.25, 0.3) is 0 Å². The number of amides is 1. The summed E-state index contributed by atoms with van der Waals surface area (Å²) in [5.41, 5.74) is 4.79. The SMILES string of the molecule is CCc1ccc(Cc2cnc(NC(=O)C(C)Oc3cc(C)cc(C)c3)s2)cc1. The van der Waals surface area contributed by atoms with Gasteiger partial charge in [-0.1, -0.05) is 37.3 Å². The van der Waals surface area contributed by atoms with Gasteiger partial charge in [0.05, 0.1) is 0 Å². The molecular formula is C23H26N2O2S. The predicted molar refractivity (Wildman–Crippen MR) is 115 cm³/mol. The second-order valence-electron chi connectivity index (χ2n) is 7.05. The number of thiazole rings is 1. The summed E-state index contributed by atoms with van der Waals surface area (Å²) in [5.74, 6) is 0.503. The van der Waals surface area contributed by atoms with Gasteiger partial charge in [0.2, 0.25) is 0 Å². The molecule has 0 aliphatic carbocycles. The summed E-state index contributed by atoms with van der Waals surface area (Å²) >= 11 is 1.50. The van der Waals surface area contributed by atoms with Crippen LogP contribution in [0.4, 0.5) is 5.13 Å². The molecule has 0 bridgehead atoms. The van der Waals surface area contributed by atoms with Crippen molar-refractivity contribution in [2.24, 2.45) is 0 Å². The van der Waals surface area contributed by atoms with E-state index in [4.69, 9.17) is 4.74 Å². The third-order valence-electron chi connectivity index (χ3n) is 4.47. The van der Waals surface area contributed by atoms with Gasteiger partial charge in [-0.05, 0) is 61.6 Å². The molecule has 0 aliphatic rings. The molecule has 1 heterocycles. The zero-order chi connectivity index (χ0) is 20.1. The van der Waals surface area contributed by atoms with Gasteiger partial charge >= 0.3 is 0 Å². The topological polar surface area (TPSA) is 51.2 Å². The average Bonchev–Trinajstić information content (AvgIpc) is 3.08. The molecule has 3 rings (SSSR count). The van der Waals surface area contributed by atoms with Crippen LogP contribution in [0.5, 0.6) is 5.75 Å². The van der Waals surface area contributed by atoms with E-state index in [1.165, 1.54) is 22.5 Å². The van der Waals surface area contributed by atoms with Crippen molar-refractivity contribution in [3.63, 3.8) is 0 Å². The van der Waals surface area contributed by atoms with Gasteiger partial charge in [0.25, 0.3) is 5.91 Å². The number of aryl methyl sites for hydroxylation is 3. The minimum atomic E-state index is -0.602. The molecule has 0 spiro atoms. The summed E-state index contributed by atoms with van der Waals surface area (Å²) in [6, 6.07) is 14.6. The molecule has 28 heavy (non-hydrogen) atoms. The van der Waals surface area contributed by atoms with Crippen molar-refractivity contribution >= 4 is 22.4 Å². The zero-order valence-electron chi connectivity index (χ0n) is 16.8. The molecule has 1 N–H and O–H groups in total. The molecule has 0 saturated carbocycles. The first-order valence-corrected chi connectivity index (χ1v) is 10.3. The van der Waals surface area contributed by atoms with Gasteiger partial charge in [0, 0.05) is 17.5 Å². The van der Waals surface area contributed by atoms with Crippen LogP contribution in [0, 0.1) is 13.8 Å². The van der Waals surface area contributed by atoms with E-state index in [0.717, 1.165) is 28.8 Å². The fraction of sp³-hybridized carbons (Fsp3) is 0.304. The summed E-state index contributed by atoms with van der Waals surface area (Å²) < 4.78 is 5.80. The van der Waals surface area contributed by atoms with Crippen molar-refractivity contribution in [1.29, 1.82) is 0 Å². The Morgan fingerprint density at radius 1 is 1.11 bits per heavy atom. The number of rotatable bonds is 7. The maximum atomic E-state index is 12.5. The first-order valence-electron chi connectivity index (χ1n) is 9.51. The molecular weight excluding hydrogens is 368 g/mol. The van der Waals surface area contributed by atoms with Crippen molar-refractivity contribution < 1.29 is 9.53 Å². The number of anilines is 1. The highest BCUT2D eigenvalue weighted by molar-refractivity contribution is 7.15. The molecule has 2 aromatic carbocycles. The number of benzene rings is 2. The monoisotopic (exact) mass is 394 g/mol. The van der Waals surface area contributed by atoms with Crippen molar-refractivity contribution in [2.75, 3.05) is 5.32 Å². The van der Waals surface area contributed by atoms with Crippen LogP contribution in [-0.2, 0) is 17.6 Å². The number of carbonyl (C=O) groups is 1. The number of hydrogen-bond donors (Lipinski definition) is 1. The van der Waals surface area contributed by atoms with Crippen LogP contribution < -0.4 is 10.1 Å². The van der Waals surface area contributed by atoms with Crippen molar-refractivity contribution in [2.45, 2.75) is 46.6 Å². The van der Waals surface area contributed by atoms with Gasteiger partial charge in [-0.25, -0.2) is 4.98 Å². The molecule has 146 valence electrons. The zero-order valence-corrected chi connectivity index (χ0v) is 17.6. The third kappa shape index (κ3) is 5.42. The smallest absolute Gasteiger partial charge is 0.266 e. The van der Waals surface area contributed by atoms with Crippen molar-refractivity contribution in [3.05, 3.63) is 75.8 Å². The molecule has 4 nitrogen and oxygen atoms in total. The lowest BCUT2D eigenvalue weighted by atomic mass is 10.1. The summed E-state index contributed by atoms with van der Waals surface area (Å²) in [6.07, 6.45) is 3.07. The van der Waals surface area contributed by atoms with Gasteiger partial charge in [0.1, 0.15) is 5.75 Å². The first-order chi connectivity index (χ1) is 13.4. The Labute approximate surface area is 170 Å². The number of nitrogens with zero attached hydrogens (tertiary/aromatic N) is 1. The van der Waals surface area contributed by atoms with Gasteiger partial charge in [0.15, 0.2) is 11.2 Å². The summed E-state index contributed by atoms with van der Waals surface area (Å²) in [4.78, 5) is 17.9. The molecule has 1 unspecified atom stereocenters. The largest absolute Gasteiger partial charge is 0.481 e. The molecule has 1 aromatic heterocycles. The molecule has 0 radical (unpaired) electrons. The van der Waals surface area contributed by atoms with E-state index in [1.807, 2.05) is 32.2 Å². The molecule has 1 atom stereocenters. The van der Waals surface area contributed by atoms with Crippen LogP contribution in [0.3, 0.4) is 0 Å². The van der Waals surface area contributed by atoms with Crippen molar-refractivity contribution in [3.8, 4) is 5.75 Å². The number of hydrogen-bond acceptors (Lipinski definition) is 4. The second-order valence-corrected chi connectivity index (χ2v) is 8.17. The van der Waals surface area contributed by atoms with Crippen LogP contribution in [-0.4, -0.2) is 17.0 Å². The molecule has 5 heteroatoms. The lowest BCUT2D eigenvalue weighted by Gasteiger charge is -2.14. The summed E-state index contributed by atoms with van der Waals surface area (Å²) in [6.45, 7) is 7.92. The van der Waals surface area contributed by atoms with Gasteiger partial charge in [-0.3, -0.25) is 10.1 Å². The highest BCUT2D eigenvalue weighted by atomic mass is 32.1. The fourth-order valence-electron chi connectivity index (χ4n) is 3.01. The normalized spacial score (nSPS) is 11.9. The van der Waals surface area contributed by atoms with E-state index < -0.39 is 6.10 Å². The Morgan fingerprint density at radius 2 is 1.75 bits per heavy atom. The fourth-order valence-corrected chi connectivity index (χ4v) is 3.86. The highest BCUT2D eigenvalue weighted by Crippen LogP contribution is 2.22. The quantitative estimate of drug-likeness (QED) is 0.590. The Balaban J connectivity index is 1.58. The van der Waals surface area contributed by atoms with E-state index in [9.17, 15) is 4.79 Å². The van der Waals surface area contributed by atoms with E-state index in [1.54, 1.807) is 6.92 Å². The van der Waals surface area contributed by atoms with Crippen LogP contribution in [0.15, 0.2) is 48.7 Å². The third-order valence-corrected chi connectivity index (χ3v) is 5.38. The predicted octanol–water partition coefficient (Wildman–Crippen LogP) is 5.32. The maximum Gasteiger partial charge on any atom is 0.266 e. The maximum absolute atomic E-state index is 12.5. The molecule has 0 aliphatic heterocycles. The van der Waals surface area contributed by atoms with E-state index in [2.05, 4.69) is 47.6 Å². The highest BCUT2D eigenvalue weighted by Gasteiger charge is 2.17. The van der Waals surface area contributed by atoms with Crippen LogP contribution in [0.2, 0.25) is 0 Å². The molecule has 0 fully saturated rings. The Bertz CT molecular complexity index is 927. The second kappa shape index (κ2) is 9.02. The average molecular weight is 395 g/mol. The minimum Gasteiger partial charge on any atom is -0.481 e. The summed E-state index contributed by atoms with van der Waals surface area (Å²) in [5, 5.41) is 3.46. The van der Waals surface area contributed by atoms with E-state index in [-0.39, 0.29) is 5.91 Å². The van der Waals surface area contributed by atoms with Gasteiger partial charge in [-0.2, -0.15) is 0 Å². The van der Waals surface area contributed by atoms with E-state index in [0.29, 0.717) is 10.9 Å². The Morgan fingerprint density at radius 3 is 2.39 bits per heavy atom. The van der Waals surface area contributed by atoms with Crippen LogP contribution in [0.1, 0.15) is 41.0 Å².